The Morgan fingerprint density at radius 1 is 1.08 bits per heavy atom. The van der Waals surface area contributed by atoms with E-state index in [-0.39, 0.29) is 0 Å². The van der Waals surface area contributed by atoms with E-state index in [0.717, 1.165) is 49.3 Å². The molecule has 0 spiro atoms. The highest BCUT2D eigenvalue weighted by Crippen LogP contribution is 2.35. The lowest BCUT2D eigenvalue weighted by Crippen LogP contribution is -2.34. The van der Waals surface area contributed by atoms with Crippen LogP contribution in [0.25, 0.3) is 0 Å². The van der Waals surface area contributed by atoms with Gasteiger partial charge in [-0.05, 0) is 55.8 Å². The Morgan fingerprint density at radius 2 is 1.92 bits per heavy atom. The molecule has 2 heterocycles. The van der Waals surface area contributed by atoms with Crippen LogP contribution in [0, 0.1) is 5.92 Å². The number of methoxy groups -OCH3 is 2. The lowest BCUT2D eigenvalue weighted by molar-refractivity contribution is 0.130. The third-order valence-corrected chi connectivity index (χ3v) is 5.54. The van der Waals surface area contributed by atoms with Crippen LogP contribution < -0.4 is 9.47 Å². The molecule has 1 saturated carbocycles. The van der Waals surface area contributed by atoms with Gasteiger partial charge < -0.3 is 14.0 Å². The molecular formula is C20H28N4O2. The number of likely N-dealkylation sites (tertiary alicyclic amines) is 1. The molecule has 6 heteroatoms. The number of rotatable bonds is 7. The molecule has 1 aromatic carbocycles. The van der Waals surface area contributed by atoms with Gasteiger partial charge in [0.2, 0.25) is 0 Å². The van der Waals surface area contributed by atoms with Crippen LogP contribution in [0.3, 0.4) is 0 Å². The van der Waals surface area contributed by atoms with Crippen LogP contribution in [0.4, 0.5) is 0 Å². The Bertz CT molecular complexity index is 741. The van der Waals surface area contributed by atoms with Crippen molar-refractivity contribution < 1.29 is 9.47 Å². The average molecular weight is 356 g/mol. The normalized spacial score (nSPS) is 20.9. The maximum atomic E-state index is 5.46. The Labute approximate surface area is 155 Å². The lowest BCUT2D eigenvalue weighted by atomic mass is 10.00. The zero-order valence-corrected chi connectivity index (χ0v) is 15.7. The van der Waals surface area contributed by atoms with Gasteiger partial charge in [0, 0.05) is 13.1 Å². The van der Waals surface area contributed by atoms with Gasteiger partial charge in [-0.3, -0.25) is 4.90 Å². The first-order valence-corrected chi connectivity index (χ1v) is 9.61. The second-order valence-electron chi connectivity index (χ2n) is 7.46. The van der Waals surface area contributed by atoms with Crippen LogP contribution in [0.5, 0.6) is 11.5 Å². The van der Waals surface area contributed by atoms with Crippen molar-refractivity contribution in [3.05, 3.63) is 35.9 Å². The van der Waals surface area contributed by atoms with Gasteiger partial charge in [-0.2, -0.15) is 0 Å². The van der Waals surface area contributed by atoms with Crippen molar-refractivity contribution in [2.45, 2.75) is 51.2 Å². The second kappa shape index (κ2) is 7.66. The van der Waals surface area contributed by atoms with Crippen molar-refractivity contribution in [3.8, 4) is 11.5 Å². The second-order valence-corrected chi connectivity index (χ2v) is 7.46. The monoisotopic (exact) mass is 356 g/mol. The van der Waals surface area contributed by atoms with Crippen LogP contribution in [0.15, 0.2) is 24.5 Å². The topological polar surface area (TPSA) is 52.4 Å². The molecule has 0 bridgehead atoms. The van der Waals surface area contributed by atoms with Crippen LogP contribution in [-0.4, -0.2) is 40.4 Å². The van der Waals surface area contributed by atoms with Crippen molar-refractivity contribution >= 4 is 0 Å². The average Bonchev–Trinajstić information content (AvgIpc) is 3.38. The summed E-state index contributed by atoms with van der Waals surface area (Å²) >= 11 is 0. The number of hydrogen-bond donors (Lipinski definition) is 0. The van der Waals surface area contributed by atoms with Crippen molar-refractivity contribution in [2.24, 2.45) is 5.92 Å². The number of benzene rings is 1. The Balaban J connectivity index is 1.53. The molecule has 26 heavy (non-hydrogen) atoms. The molecular weight excluding hydrogens is 328 g/mol. The van der Waals surface area contributed by atoms with E-state index >= 15 is 0 Å². The largest absolute Gasteiger partial charge is 0.493 e. The fourth-order valence-corrected chi connectivity index (χ4v) is 3.93. The van der Waals surface area contributed by atoms with Crippen LogP contribution in [-0.2, 0) is 13.1 Å². The molecule has 1 saturated heterocycles. The van der Waals surface area contributed by atoms with Gasteiger partial charge in [-0.25, -0.2) is 0 Å². The molecule has 0 N–H and O–H groups in total. The van der Waals surface area contributed by atoms with Crippen molar-refractivity contribution in [3.63, 3.8) is 0 Å². The van der Waals surface area contributed by atoms with Gasteiger partial charge in [0.15, 0.2) is 11.5 Å². The Kier molecular flexibility index (Phi) is 5.11. The minimum absolute atomic E-state index is 0.345. The standard InChI is InChI=1S/C20H28N4O2/c1-25-18-9-8-16(11-19(18)26-2)13-23-10-4-3-5-17(23)20-22-21-14-24(20)12-15-6-7-15/h8-9,11,14-15,17H,3-7,10,12-13H2,1-2H3. The zero-order valence-electron chi connectivity index (χ0n) is 15.7. The lowest BCUT2D eigenvalue weighted by Gasteiger charge is -2.35. The molecule has 2 aliphatic rings. The number of hydrogen-bond acceptors (Lipinski definition) is 5. The predicted molar refractivity (Wildman–Crippen MR) is 99.3 cm³/mol. The Hall–Kier alpha value is -2.08. The molecule has 1 aliphatic heterocycles. The molecule has 1 aliphatic carbocycles. The molecule has 0 radical (unpaired) electrons. The smallest absolute Gasteiger partial charge is 0.161 e. The predicted octanol–water partition coefficient (Wildman–Crippen LogP) is 3.43. The van der Waals surface area contributed by atoms with E-state index in [1.54, 1.807) is 14.2 Å². The van der Waals surface area contributed by atoms with Gasteiger partial charge in [-0.15, -0.1) is 10.2 Å². The summed E-state index contributed by atoms with van der Waals surface area (Å²) in [6, 6.07) is 6.54. The summed E-state index contributed by atoms with van der Waals surface area (Å²) in [5, 5.41) is 8.72. The van der Waals surface area contributed by atoms with Crippen LogP contribution >= 0.6 is 0 Å². The van der Waals surface area contributed by atoms with Gasteiger partial charge in [0.25, 0.3) is 0 Å². The van der Waals surface area contributed by atoms with Crippen molar-refractivity contribution in [2.75, 3.05) is 20.8 Å². The van der Waals surface area contributed by atoms with Gasteiger partial charge in [-0.1, -0.05) is 12.5 Å². The van der Waals surface area contributed by atoms with Crippen LogP contribution in [0.2, 0.25) is 0 Å². The molecule has 1 atom stereocenters. The molecule has 2 fully saturated rings. The van der Waals surface area contributed by atoms with E-state index in [4.69, 9.17) is 9.47 Å². The SMILES string of the molecule is COc1ccc(CN2CCCCC2c2nncn2CC2CC2)cc1OC. The fraction of sp³-hybridized carbons (Fsp3) is 0.600. The quantitative estimate of drug-likeness (QED) is 0.761. The van der Waals surface area contributed by atoms with E-state index in [1.807, 2.05) is 12.4 Å². The van der Waals surface area contributed by atoms with Crippen LogP contribution in [0.1, 0.15) is 49.5 Å². The minimum atomic E-state index is 0.345. The molecule has 4 rings (SSSR count). The maximum Gasteiger partial charge on any atom is 0.161 e. The first kappa shape index (κ1) is 17.3. The highest BCUT2D eigenvalue weighted by Gasteiger charge is 2.30. The number of piperidine rings is 1. The number of ether oxygens (including phenoxy) is 2. The highest BCUT2D eigenvalue weighted by molar-refractivity contribution is 5.42. The van der Waals surface area contributed by atoms with Gasteiger partial charge in [0.1, 0.15) is 12.2 Å². The molecule has 6 nitrogen and oxygen atoms in total. The zero-order chi connectivity index (χ0) is 17.9. The van der Waals surface area contributed by atoms with E-state index in [9.17, 15) is 0 Å². The van der Waals surface area contributed by atoms with Crippen molar-refractivity contribution in [1.29, 1.82) is 0 Å². The minimum Gasteiger partial charge on any atom is -0.493 e. The molecule has 0 amide bonds. The molecule has 1 aromatic heterocycles. The number of aromatic nitrogens is 3. The van der Waals surface area contributed by atoms with Gasteiger partial charge >= 0.3 is 0 Å². The maximum absolute atomic E-state index is 5.46. The first-order valence-electron chi connectivity index (χ1n) is 9.61. The summed E-state index contributed by atoms with van der Waals surface area (Å²) < 4.78 is 13.1. The van der Waals surface area contributed by atoms with E-state index in [1.165, 1.54) is 31.2 Å². The third-order valence-electron chi connectivity index (χ3n) is 5.54. The third kappa shape index (κ3) is 3.70. The molecule has 2 aromatic rings. The Morgan fingerprint density at radius 3 is 2.69 bits per heavy atom. The highest BCUT2D eigenvalue weighted by atomic mass is 16.5. The summed E-state index contributed by atoms with van der Waals surface area (Å²) in [7, 11) is 3.36. The van der Waals surface area contributed by atoms with E-state index in [0.29, 0.717) is 6.04 Å². The van der Waals surface area contributed by atoms with Gasteiger partial charge in [0.05, 0.1) is 20.3 Å². The van der Waals surface area contributed by atoms with Crippen molar-refractivity contribution in [1.82, 2.24) is 19.7 Å². The van der Waals surface area contributed by atoms with E-state index < -0.39 is 0 Å². The summed E-state index contributed by atoms with van der Waals surface area (Å²) in [4.78, 5) is 2.54. The summed E-state index contributed by atoms with van der Waals surface area (Å²) in [6.45, 7) is 3.06. The molecule has 1 unspecified atom stereocenters. The first-order chi connectivity index (χ1) is 12.8. The van der Waals surface area contributed by atoms with E-state index in [2.05, 4.69) is 31.8 Å². The molecule has 140 valence electrons. The summed E-state index contributed by atoms with van der Waals surface area (Å²) in [6.07, 6.45) is 8.24. The number of nitrogens with zero attached hydrogens (tertiary/aromatic N) is 4. The fourth-order valence-electron chi connectivity index (χ4n) is 3.93. The summed E-state index contributed by atoms with van der Waals surface area (Å²) in [5.74, 6) is 3.52. The summed E-state index contributed by atoms with van der Waals surface area (Å²) in [5.41, 5.74) is 1.24.